The quantitative estimate of drug-likeness (QED) is 0.420. The molecule has 0 bridgehead atoms. The average molecular weight is 439 g/mol. The van der Waals surface area contributed by atoms with Gasteiger partial charge < -0.3 is 19.5 Å². The summed E-state index contributed by atoms with van der Waals surface area (Å²) in [7, 11) is 1.56. The van der Waals surface area contributed by atoms with Gasteiger partial charge in [0.05, 0.1) is 31.1 Å². The Morgan fingerprint density at radius 2 is 1.72 bits per heavy atom. The summed E-state index contributed by atoms with van der Waals surface area (Å²) in [5.74, 6) is 0.584. The van der Waals surface area contributed by atoms with Gasteiger partial charge in [-0.05, 0) is 57.0 Å². The molecular weight excluding hydrogens is 408 g/mol. The van der Waals surface area contributed by atoms with Gasteiger partial charge in [0.2, 0.25) is 0 Å². The van der Waals surface area contributed by atoms with E-state index in [0.717, 1.165) is 0 Å². The first-order valence-electron chi connectivity index (χ1n) is 10.8. The van der Waals surface area contributed by atoms with Crippen LogP contribution < -0.4 is 14.8 Å². The molecule has 7 nitrogen and oxygen atoms in total. The van der Waals surface area contributed by atoms with E-state index >= 15 is 0 Å². The van der Waals surface area contributed by atoms with Crippen molar-refractivity contribution in [3.8, 4) is 11.5 Å². The monoisotopic (exact) mass is 438 g/mol. The summed E-state index contributed by atoms with van der Waals surface area (Å²) in [5, 5.41) is 3.15. The van der Waals surface area contributed by atoms with Gasteiger partial charge in [0.1, 0.15) is 17.2 Å². The third-order valence-corrected chi connectivity index (χ3v) is 4.97. The van der Waals surface area contributed by atoms with E-state index in [4.69, 9.17) is 14.2 Å². The van der Waals surface area contributed by atoms with Crippen molar-refractivity contribution >= 4 is 23.1 Å². The van der Waals surface area contributed by atoms with Crippen LogP contribution in [0.15, 0.2) is 54.2 Å². The molecular formula is C25H30N2O5. The van der Waals surface area contributed by atoms with E-state index in [-0.39, 0.29) is 30.2 Å². The smallest absolute Gasteiger partial charge is 0.278 e. The van der Waals surface area contributed by atoms with E-state index in [1.54, 1.807) is 43.5 Å². The van der Waals surface area contributed by atoms with Crippen LogP contribution in [-0.4, -0.2) is 49.7 Å². The molecule has 170 valence electrons. The Bertz CT molecular complexity index is 982. The topological polar surface area (TPSA) is 77.1 Å². The largest absolute Gasteiger partial charge is 0.495 e. The molecule has 0 aliphatic carbocycles. The van der Waals surface area contributed by atoms with Crippen LogP contribution in [0.1, 0.15) is 32.8 Å². The van der Waals surface area contributed by atoms with Gasteiger partial charge in [-0.15, -0.1) is 0 Å². The summed E-state index contributed by atoms with van der Waals surface area (Å²) >= 11 is 0. The van der Waals surface area contributed by atoms with Crippen molar-refractivity contribution in [2.24, 2.45) is 0 Å². The number of imide groups is 1. The predicted octanol–water partition coefficient (Wildman–Crippen LogP) is 4.10. The number of carbonyl (C=O) groups is 2. The molecule has 2 aromatic rings. The van der Waals surface area contributed by atoms with Crippen molar-refractivity contribution in [1.29, 1.82) is 0 Å². The fourth-order valence-electron chi connectivity index (χ4n) is 3.47. The average Bonchev–Trinajstić information content (AvgIpc) is 3.01. The number of methoxy groups -OCH3 is 1. The maximum atomic E-state index is 13.3. The number of nitrogens with one attached hydrogen (secondary N) is 1. The van der Waals surface area contributed by atoms with E-state index < -0.39 is 0 Å². The van der Waals surface area contributed by atoms with E-state index in [0.29, 0.717) is 48.0 Å². The molecule has 0 aromatic heterocycles. The molecule has 1 heterocycles. The Morgan fingerprint density at radius 1 is 1.00 bits per heavy atom. The second kappa shape index (κ2) is 10.8. The third-order valence-electron chi connectivity index (χ3n) is 4.97. The van der Waals surface area contributed by atoms with Gasteiger partial charge >= 0.3 is 0 Å². The summed E-state index contributed by atoms with van der Waals surface area (Å²) < 4.78 is 16.5. The molecule has 1 N–H and O–H groups in total. The van der Waals surface area contributed by atoms with Crippen LogP contribution in [0, 0.1) is 0 Å². The molecule has 0 fully saturated rings. The number of rotatable bonds is 11. The molecule has 3 rings (SSSR count). The minimum atomic E-state index is -0.366. The number of carbonyl (C=O) groups excluding carboxylic acids is 2. The number of para-hydroxylation sites is 2. The maximum absolute atomic E-state index is 13.3. The minimum Gasteiger partial charge on any atom is -0.495 e. The van der Waals surface area contributed by atoms with Gasteiger partial charge in [-0.1, -0.05) is 24.3 Å². The molecule has 0 radical (unpaired) electrons. The van der Waals surface area contributed by atoms with Crippen LogP contribution in [0.2, 0.25) is 0 Å². The van der Waals surface area contributed by atoms with Crippen molar-refractivity contribution < 1.29 is 23.8 Å². The highest BCUT2D eigenvalue weighted by Gasteiger charge is 2.39. The van der Waals surface area contributed by atoms with E-state index in [1.165, 1.54) is 4.90 Å². The normalized spacial score (nSPS) is 13.8. The van der Waals surface area contributed by atoms with Crippen LogP contribution in [-0.2, 0) is 14.3 Å². The second-order valence-corrected chi connectivity index (χ2v) is 7.57. The first kappa shape index (κ1) is 23.3. The maximum Gasteiger partial charge on any atom is 0.278 e. The molecule has 0 spiro atoms. The summed E-state index contributed by atoms with van der Waals surface area (Å²) in [4.78, 5) is 27.9. The molecule has 32 heavy (non-hydrogen) atoms. The highest BCUT2D eigenvalue weighted by atomic mass is 16.5. The molecule has 0 unspecified atom stereocenters. The van der Waals surface area contributed by atoms with Crippen molar-refractivity contribution in [1.82, 2.24) is 4.90 Å². The number of anilines is 1. The number of amides is 2. The second-order valence-electron chi connectivity index (χ2n) is 7.57. The standard InChI is InChI=1S/C25H30N2O5/c1-5-31-19-13-11-18(12-14-19)22-23(26-20-9-6-7-10-21(20)30-4)25(29)27(24(22)28)15-8-16-32-17(2)3/h6-7,9-14,17,26H,5,8,15-16H2,1-4H3. The van der Waals surface area contributed by atoms with Crippen molar-refractivity contribution in [3.63, 3.8) is 0 Å². The zero-order valence-electron chi connectivity index (χ0n) is 19.0. The van der Waals surface area contributed by atoms with Crippen LogP contribution in [0.25, 0.3) is 5.57 Å². The van der Waals surface area contributed by atoms with Gasteiger partial charge in [0, 0.05) is 13.2 Å². The molecule has 0 atom stereocenters. The van der Waals surface area contributed by atoms with Gasteiger partial charge in [-0.25, -0.2) is 0 Å². The fourth-order valence-corrected chi connectivity index (χ4v) is 3.47. The highest BCUT2D eigenvalue weighted by Crippen LogP contribution is 2.33. The van der Waals surface area contributed by atoms with Gasteiger partial charge in [-0.2, -0.15) is 0 Å². The molecule has 0 saturated heterocycles. The van der Waals surface area contributed by atoms with Crippen molar-refractivity contribution in [2.45, 2.75) is 33.3 Å². The number of nitrogens with zero attached hydrogens (tertiary/aromatic N) is 1. The number of ether oxygens (including phenoxy) is 3. The van der Waals surface area contributed by atoms with Gasteiger partial charge in [-0.3, -0.25) is 14.5 Å². The van der Waals surface area contributed by atoms with Crippen molar-refractivity contribution in [3.05, 3.63) is 59.8 Å². The van der Waals surface area contributed by atoms with Crippen LogP contribution in [0.3, 0.4) is 0 Å². The molecule has 2 amide bonds. The first-order valence-corrected chi connectivity index (χ1v) is 10.8. The molecule has 7 heteroatoms. The summed E-state index contributed by atoms with van der Waals surface area (Å²) in [6.45, 7) is 7.11. The lowest BCUT2D eigenvalue weighted by Crippen LogP contribution is -2.34. The van der Waals surface area contributed by atoms with E-state index in [1.807, 2.05) is 32.9 Å². The Balaban J connectivity index is 1.93. The molecule has 1 aliphatic heterocycles. The minimum absolute atomic E-state index is 0.0975. The number of hydrogen-bond acceptors (Lipinski definition) is 6. The SMILES string of the molecule is CCOc1ccc(C2=C(Nc3ccccc3OC)C(=O)N(CCCOC(C)C)C2=O)cc1. The summed E-state index contributed by atoms with van der Waals surface area (Å²) in [6.07, 6.45) is 0.661. The fraction of sp³-hybridized carbons (Fsp3) is 0.360. The summed E-state index contributed by atoms with van der Waals surface area (Å²) in [5.41, 5.74) is 1.81. The molecule has 2 aromatic carbocycles. The van der Waals surface area contributed by atoms with Crippen molar-refractivity contribution in [2.75, 3.05) is 32.2 Å². The zero-order chi connectivity index (χ0) is 23.1. The lowest BCUT2D eigenvalue weighted by Gasteiger charge is -2.16. The van der Waals surface area contributed by atoms with E-state index in [9.17, 15) is 9.59 Å². The lowest BCUT2D eigenvalue weighted by molar-refractivity contribution is -0.137. The van der Waals surface area contributed by atoms with Crippen LogP contribution in [0.5, 0.6) is 11.5 Å². The summed E-state index contributed by atoms with van der Waals surface area (Å²) in [6, 6.07) is 14.5. The molecule has 1 aliphatic rings. The Morgan fingerprint density at radius 3 is 2.38 bits per heavy atom. The third kappa shape index (κ3) is 5.29. The number of benzene rings is 2. The first-order chi connectivity index (χ1) is 15.5. The highest BCUT2D eigenvalue weighted by molar-refractivity contribution is 6.36. The lowest BCUT2D eigenvalue weighted by atomic mass is 10.0. The van der Waals surface area contributed by atoms with E-state index in [2.05, 4.69) is 5.32 Å². The zero-order valence-corrected chi connectivity index (χ0v) is 19.0. The van der Waals surface area contributed by atoms with Gasteiger partial charge in [0.15, 0.2) is 0 Å². The Labute approximate surface area is 189 Å². The number of hydrogen-bond donors (Lipinski definition) is 1. The molecule has 0 saturated carbocycles. The predicted molar refractivity (Wildman–Crippen MR) is 124 cm³/mol. The Kier molecular flexibility index (Phi) is 7.89. The van der Waals surface area contributed by atoms with Gasteiger partial charge in [0.25, 0.3) is 11.8 Å². The van der Waals surface area contributed by atoms with Crippen LogP contribution in [0.4, 0.5) is 5.69 Å². The van der Waals surface area contributed by atoms with Crippen LogP contribution >= 0.6 is 0 Å². The Hall–Kier alpha value is -3.32.